The van der Waals surface area contributed by atoms with E-state index in [1.54, 1.807) is 12.1 Å². The molecule has 21 heavy (non-hydrogen) atoms. The number of benzene rings is 1. The van der Waals surface area contributed by atoms with Gasteiger partial charge in [0.2, 0.25) is 0 Å². The smallest absolute Gasteiger partial charge is 0.275 e. The molecule has 1 N–H and O–H groups in total. The Labute approximate surface area is 129 Å². The molecule has 0 aliphatic carbocycles. The highest BCUT2D eigenvalue weighted by atomic mass is 79.9. The van der Waals surface area contributed by atoms with Crippen LogP contribution in [0.3, 0.4) is 0 Å². The number of nitrogens with one attached hydrogen (secondary N) is 1. The maximum atomic E-state index is 13.7. The van der Waals surface area contributed by atoms with Gasteiger partial charge in [-0.3, -0.25) is 4.79 Å². The van der Waals surface area contributed by atoms with Gasteiger partial charge in [0.25, 0.3) is 5.91 Å². The molecule has 8 heteroatoms. The molecular formula is C13H10BrFN2O3S. The van der Waals surface area contributed by atoms with Crippen LogP contribution in [0.5, 0.6) is 0 Å². The van der Waals surface area contributed by atoms with Crippen molar-refractivity contribution >= 4 is 37.4 Å². The van der Waals surface area contributed by atoms with Crippen molar-refractivity contribution < 1.29 is 17.6 Å². The lowest BCUT2D eigenvalue weighted by molar-refractivity contribution is 0.102. The SMILES string of the molecule is CS(=O)(=O)c1ccc(F)c(NC(=O)c2ncccc2Br)c1. The maximum Gasteiger partial charge on any atom is 0.275 e. The van der Waals surface area contributed by atoms with E-state index in [1.165, 1.54) is 6.20 Å². The molecule has 0 saturated carbocycles. The lowest BCUT2D eigenvalue weighted by Crippen LogP contribution is -2.15. The van der Waals surface area contributed by atoms with Gasteiger partial charge >= 0.3 is 0 Å². The van der Waals surface area contributed by atoms with Crippen molar-refractivity contribution in [2.75, 3.05) is 11.6 Å². The second-order valence-electron chi connectivity index (χ2n) is 4.20. The van der Waals surface area contributed by atoms with Crippen LogP contribution in [0, 0.1) is 5.82 Å². The Morgan fingerprint density at radius 2 is 2.05 bits per heavy atom. The average molecular weight is 373 g/mol. The molecule has 110 valence electrons. The highest BCUT2D eigenvalue weighted by Gasteiger charge is 2.16. The molecule has 2 rings (SSSR count). The van der Waals surface area contributed by atoms with Crippen LogP contribution in [0.15, 0.2) is 45.9 Å². The standard InChI is InChI=1S/C13H10BrFN2O3S/c1-21(19,20)8-4-5-10(15)11(7-8)17-13(18)12-9(14)3-2-6-16-12/h2-7H,1H3,(H,17,18). The second kappa shape index (κ2) is 5.90. The Balaban J connectivity index is 2.36. The molecule has 0 spiro atoms. The molecule has 0 fully saturated rings. The number of rotatable bonds is 3. The zero-order chi connectivity index (χ0) is 15.6. The zero-order valence-corrected chi connectivity index (χ0v) is 13.2. The van der Waals surface area contributed by atoms with Gasteiger partial charge in [-0.15, -0.1) is 0 Å². The minimum atomic E-state index is -3.49. The molecule has 0 atom stereocenters. The fourth-order valence-electron chi connectivity index (χ4n) is 1.57. The summed E-state index contributed by atoms with van der Waals surface area (Å²) < 4.78 is 37.0. The highest BCUT2D eigenvalue weighted by Crippen LogP contribution is 2.21. The van der Waals surface area contributed by atoms with Gasteiger partial charge in [-0.25, -0.2) is 17.8 Å². The molecule has 0 unspecified atom stereocenters. The Morgan fingerprint density at radius 3 is 2.67 bits per heavy atom. The normalized spacial score (nSPS) is 11.2. The summed E-state index contributed by atoms with van der Waals surface area (Å²) in [6.07, 6.45) is 2.42. The average Bonchev–Trinajstić information content (AvgIpc) is 2.40. The molecular weight excluding hydrogens is 363 g/mol. The predicted molar refractivity (Wildman–Crippen MR) is 79.4 cm³/mol. The molecule has 1 amide bonds. The quantitative estimate of drug-likeness (QED) is 0.840. The monoisotopic (exact) mass is 372 g/mol. The first kappa shape index (κ1) is 15.6. The predicted octanol–water partition coefficient (Wildman–Crippen LogP) is 2.64. The lowest BCUT2D eigenvalue weighted by atomic mass is 10.3. The molecule has 0 aliphatic heterocycles. The van der Waals surface area contributed by atoms with Crippen molar-refractivity contribution in [3.63, 3.8) is 0 Å². The molecule has 5 nitrogen and oxygen atoms in total. The first-order valence-electron chi connectivity index (χ1n) is 5.70. The van der Waals surface area contributed by atoms with E-state index in [0.717, 1.165) is 24.5 Å². The van der Waals surface area contributed by atoms with Crippen LogP contribution in [-0.4, -0.2) is 25.6 Å². The summed E-state index contributed by atoms with van der Waals surface area (Å²) in [7, 11) is -3.49. The third kappa shape index (κ3) is 3.64. The fourth-order valence-corrected chi connectivity index (χ4v) is 2.65. The molecule has 1 heterocycles. The number of sulfone groups is 1. The first-order valence-corrected chi connectivity index (χ1v) is 8.39. The third-order valence-corrected chi connectivity index (χ3v) is 4.34. The van der Waals surface area contributed by atoms with E-state index < -0.39 is 21.6 Å². The first-order chi connectivity index (χ1) is 9.79. The number of amides is 1. The van der Waals surface area contributed by atoms with Crippen molar-refractivity contribution in [2.24, 2.45) is 0 Å². The van der Waals surface area contributed by atoms with E-state index >= 15 is 0 Å². The molecule has 1 aromatic heterocycles. The van der Waals surface area contributed by atoms with E-state index in [1.807, 2.05) is 0 Å². The van der Waals surface area contributed by atoms with Crippen LogP contribution in [0.1, 0.15) is 10.5 Å². The van der Waals surface area contributed by atoms with E-state index in [9.17, 15) is 17.6 Å². The van der Waals surface area contributed by atoms with Gasteiger partial charge in [-0.2, -0.15) is 0 Å². The van der Waals surface area contributed by atoms with Crippen LogP contribution >= 0.6 is 15.9 Å². The number of anilines is 1. The Kier molecular flexibility index (Phi) is 4.38. The van der Waals surface area contributed by atoms with Crippen molar-refractivity contribution in [2.45, 2.75) is 4.90 Å². The van der Waals surface area contributed by atoms with Crippen LogP contribution < -0.4 is 5.32 Å². The number of hydrogen-bond acceptors (Lipinski definition) is 4. The van der Waals surface area contributed by atoms with Gasteiger partial charge < -0.3 is 5.32 Å². The van der Waals surface area contributed by atoms with E-state index in [0.29, 0.717) is 4.47 Å². The molecule has 0 aliphatic rings. The van der Waals surface area contributed by atoms with E-state index in [4.69, 9.17) is 0 Å². The summed E-state index contributed by atoms with van der Waals surface area (Å²) in [5, 5.41) is 2.31. The maximum absolute atomic E-state index is 13.7. The Bertz CT molecular complexity index is 809. The third-order valence-electron chi connectivity index (χ3n) is 2.59. The minimum absolute atomic E-state index is 0.0710. The second-order valence-corrected chi connectivity index (χ2v) is 7.07. The topological polar surface area (TPSA) is 76.1 Å². The van der Waals surface area contributed by atoms with Gasteiger partial charge in [0.05, 0.1) is 10.6 Å². The van der Waals surface area contributed by atoms with Crippen LogP contribution in [0.25, 0.3) is 0 Å². The highest BCUT2D eigenvalue weighted by molar-refractivity contribution is 9.10. The van der Waals surface area contributed by atoms with Crippen LogP contribution in [0.2, 0.25) is 0 Å². The zero-order valence-electron chi connectivity index (χ0n) is 10.8. The van der Waals surface area contributed by atoms with Crippen molar-refractivity contribution in [3.05, 3.63) is 52.5 Å². The molecule has 1 aromatic carbocycles. The largest absolute Gasteiger partial charge is 0.318 e. The Hall–Kier alpha value is -1.80. The van der Waals surface area contributed by atoms with Crippen molar-refractivity contribution in [1.29, 1.82) is 0 Å². The summed E-state index contributed by atoms with van der Waals surface area (Å²) in [4.78, 5) is 15.8. The summed E-state index contributed by atoms with van der Waals surface area (Å²) in [5.41, 5.74) is -0.151. The van der Waals surface area contributed by atoms with Crippen LogP contribution in [0.4, 0.5) is 10.1 Å². The van der Waals surface area contributed by atoms with E-state index in [-0.39, 0.29) is 16.3 Å². The number of nitrogens with zero attached hydrogens (tertiary/aromatic N) is 1. The lowest BCUT2D eigenvalue weighted by Gasteiger charge is -2.08. The number of carbonyl (C=O) groups excluding carboxylic acids is 1. The summed E-state index contributed by atoms with van der Waals surface area (Å²) >= 11 is 3.16. The number of pyridine rings is 1. The van der Waals surface area contributed by atoms with Gasteiger partial charge in [-0.05, 0) is 46.3 Å². The Morgan fingerprint density at radius 1 is 1.33 bits per heavy atom. The van der Waals surface area contributed by atoms with E-state index in [2.05, 4.69) is 26.2 Å². The fraction of sp³-hybridized carbons (Fsp3) is 0.0769. The minimum Gasteiger partial charge on any atom is -0.318 e. The number of hydrogen-bond donors (Lipinski definition) is 1. The molecule has 0 saturated heterocycles. The molecule has 0 radical (unpaired) electrons. The summed E-state index contributed by atoms with van der Waals surface area (Å²) in [6.45, 7) is 0. The summed E-state index contributed by atoms with van der Waals surface area (Å²) in [6, 6.07) is 6.44. The van der Waals surface area contributed by atoms with Gasteiger partial charge in [-0.1, -0.05) is 0 Å². The number of aromatic nitrogens is 1. The number of carbonyl (C=O) groups is 1. The van der Waals surface area contributed by atoms with Gasteiger partial charge in [0.1, 0.15) is 11.5 Å². The van der Waals surface area contributed by atoms with Crippen molar-refractivity contribution in [3.8, 4) is 0 Å². The molecule has 2 aromatic rings. The van der Waals surface area contributed by atoms with Crippen LogP contribution in [-0.2, 0) is 9.84 Å². The number of halogens is 2. The van der Waals surface area contributed by atoms with Gasteiger partial charge in [0.15, 0.2) is 9.84 Å². The summed E-state index contributed by atoms with van der Waals surface area (Å²) in [5.74, 6) is -1.38. The molecule has 0 bridgehead atoms. The van der Waals surface area contributed by atoms with Crippen molar-refractivity contribution in [1.82, 2.24) is 4.98 Å². The van der Waals surface area contributed by atoms with Gasteiger partial charge in [0, 0.05) is 16.9 Å².